The molecule has 1 heteroatoms. The van der Waals surface area contributed by atoms with Gasteiger partial charge in [0.05, 0.1) is 5.56 Å². The summed E-state index contributed by atoms with van der Waals surface area (Å²) in [7, 11) is 0. The van der Waals surface area contributed by atoms with Crippen molar-refractivity contribution < 1.29 is 0 Å². The van der Waals surface area contributed by atoms with Gasteiger partial charge in [-0.3, -0.25) is 0 Å². The number of benzene rings is 10. The summed E-state index contributed by atoms with van der Waals surface area (Å²) in [4.78, 5) is 0. The van der Waals surface area contributed by atoms with Crippen molar-refractivity contribution in [1.82, 2.24) is 0 Å². The van der Waals surface area contributed by atoms with Crippen molar-refractivity contribution in [2.75, 3.05) is 0 Å². The molecule has 62 heavy (non-hydrogen) atoms. The van der Waals surface area contributed by atoms with Gasteiger partial charge in [0, 0.05) is 11.1 Å². The van der Waals surface area contributed by atoms with Gasteiger partial charge in [-0.2, -0.15) is 5.26 Å². The van der Waals surface area contributed by atoms with E-state index in [1.807, 2.05) is 6.07 Å². The first-order valence-corrected chi connectivity index (χ1v) is 21.0. The highest BCUT2D eigenvalue weighted by atomic mass is 14.3. The Morgan fingerprint density at radius 3 is 0.710 bits per heavy atom. The quantitative estimate of drug-likeness (QED) is 0.143. The van der Waals surface area contributed by atoms with E-state index in [9.17, 15) is 5.26 Å². The summed E-state index contributed by atoms with van der Waals surface area (Å²) >= 11 is 0. The Bertz CT molecular complexity index is 3010. The van der Waals surface area contributed by atoms with Crippen molar-refractivity contribution in [2.45, 2.75) is 0 Å². The number of nitriles is 1. The van der Waals surface area contributed by atoms with E-state index in [0.717, 1.165) is 89.0 Å². The van der Waals surface area contributed by atoms with Crippen LogP contribution in [0, 0.1) is 11.3 Å². The lowest BCUT2D eigenvalue weighted by atomic mass is 9.84. The highest BCUT2D eigenvalue weighted by molar-refractivity contribution is 5.93. The van der Waals surface area contributed by atoms with Gasteiger partial charge in [-0.25, -0.2) is 0 Å². The van der Waals surface area contributed by atoms with Gasteiger partial charge in [0.1, 0.15) is 6.07 Å². The maximum Gasteiger partial charge on any atom is 0.100 e. The molecule has 1 nitrogen and oxygen atoms in total. The van der Waals surface area contributed by atoms with Crippen LogP contribution in [0.2, 0.25) is 0 Å². The van der Waals surface area contributed by atoms with Crippen molar-refractivity contribution in [2.24, 2.45) is 0 Å². The third-order valence-corrected chi connectivity index (χ3v) is 11.7. The van der Waals surface area contributed by atoms with Gasteiger partial charge in [-0.15, -0.1) is 0 Å². The molecule has 0 aliphatic rings. The number of rotatable bonds is 9. The standard InChI is InChI=1S/C61H41N/c62-42-61-59(57-36-52(45-22-10-3-11-23-45)34-54(38-57)50-30-16-28-48(32-50)43-18-6-1-7-19-43)40-56(47-26-14-5-15-27-47)41-60(61)58-37-53(46-24-12-4-13-25-46)35-55(39-58)51-31-17-29-49(33-51)44-20-8-2-9-21-44/h1-41H. The van der Waals surface area contributed by atoms with Crippen LogP contribution in [0.5, 0.6) is 0 Å². The molecule has 10 rings (SSSR count). The zero-order valence-electron chi connectivity index (χ0n) is 34.1. The molecule has 0 unspecified atom stereocenters. The Morgan fingerprint density at radius 2 is 0.403 bits per heavy atom. The van der Waals surface area contributed by atoms with E-state index in [1.165, 1.54) is 11.1 Å². The molecule has 290 valence electrons. The summed E-state index contributed by atoms with van der Waals surface area (Å²) in [5.74, 6) is 0. The fourth-order valence-electron chi connectivity index (χ4n) is 8.53. The maximum atomic E-state index is 11.4. The number of nitrogens with zero attached hydrogens (tertiary/aromatic N) is 1. The van der Waals surface area contributed by atoms with Crippen LogP contribution in [0.4, 0.5) is 0 Å². The molecule has 0 aliphatic carbocycles. The second-order valence-electron chi connectivity index (χ2n) is 15.6. The third-order valence-electron chi connectivity index (χ3n) is 11.7. The Balaban J connectivity index is 1.21. The molecule has 10 aromatic carbocycles. The van der Waals surface area contributed by atoms with Crippen LogP contribution >= 0.6 is 0 Å². The Labute approximate surface area is 364 Å². The van der Waals surface area contributed by atoms with Crippen LogP contribution in [0.1, 0.15) is 5.56 Å². The van der Waals surface area contributed by atoms with E-state index in [4.69, 9.17) is 0 Å². The molecule has 0 aliphatic heterocycles. The van der Waals surface area contributed by atoms with E-state index in [1.54, 1.807) is 0 Å². The average molecular weight is 788 g/mol. The Hall–Kier alpha value is -8.31. The van der Waals surface area contributed by atoms with Crippen LogP contribution in [-0.2, 0) is 0 Å². The van der Waals surface area contributed by atoms with E-state index in [-0.39, 0.29) is 0 Å². The molecule has 0 saturated carbocycles. The molecule has 0 aromatic heterocycles. The van der Waals surface area contributed by atoms with Gasteiger partial charge in [0.25, 0.3) is 0 Å². The van der Waals surface area contributed by atoms with Gasteiger partial charge in [0.2, 0.25) is 0 Å². The first-order chi connectivity index (χ1) is 30.7. The summed E-state index contributed by atoms with van der Waals surface area (Å²) in [6.07, 6.45) is 0. The predicted octanol–water partition coefficient (Wildman–Crippen LogP) is 16.6. The molecular formula is C61H41N. The SMILES string of the molecule is N#Cc1c(-c2cc(-c3ccccc3)cc(-c3cccc(-c4ccccc4)c3)c2)cc(-c2ccccc2)cc1-c1cc(-c2ccccc2)cc(-c2cccc(-c3ccccc3)c2)c1. The number of hydrogen-bond acceptors (Lipinski definition) is 1. The fraction of sp³-hybridized carbons (Fsp3) is 0. The van der Waals surface area contributed by atoms with Gasteiger partial charge >= 0.3 is 0 Å². The normalized spacial score (nSPS) is 10.9. The van der Waals surface area contributed by atoms with Crippen LogP contribution in [-0.4, -0.2) is 0 Å². The van der Waals surface area contributed by atoms with Gasteiger partial charge in [-0.1, -0.05) is 188 Å². The highest BCUT2D eigenvalue weighted by Gasteiger charge is 2.19. The first-order valence-electron chi connectivity index (χ1n) is 21.0. The zero-order valence-corrected chi connectivity index (χ0v) is 34.1. The second-order valence-corrected chi connectivity index (χ2v) is 15.6. The van der Waals surface area contributed by atoms with E-state index in [0.29, 0.717) is 5.56 Å². The minimum absolute atomic E-state index is 0.632. The zero-order chi connectivity index (χ0) is 41.7. The van der Waals surface area contributed by atoms with Crippen LogP contribution < -0.4 is 0 Å². The topological polar surface area (TPSA) is 23.8 Å². The minimum atomic E-state index is 0.632. The number of hydrogen-bond donors (Lipinski definition) is 0. The smallest absolute Gasteiger partial charge is 0.100 e. The van der Waals surface area contributed by atoms with Crippen molar-refractivity contribution in [3.63, 3.8) is 0 Å². The first kappa shape index (κ1) is 37.9. The van der Waals surface area contributed by atoms with Crippen LogP contribution in [0.3, 0.4) is 0 Å². The van der Waals surface area contributed by atoms with Gasteiger partial charge in [0.15, 0.2) is 0 Å². The molecular weight excluding hydrogens is 747 g/mol. The molecule has 0 saturated heterocycles. The van der Waals surface area contributed by atoms with Crippen molar-refractivity contribution in [3.8, 4) is 106 Å². The third kappa shape index (κ3) is 7.90. The average Bonchev–Trinajstić information content (AvgIpc) is 3.37. The van der Waals surface area contributed by atoms with Crippen LogP contribution in [0.15, 0.2) is 249 Å². The van der Waals surface area contributed by atoms with Crippen molar-refractivity contribution in [3.05, 3.63) is 254 Å². The summed E-state index contributed by atoms with van der Waals surface area (Å²) < 4.78 is 0. The molecule has 0 fully saturated rings. The summed E-state index contributed by atoms with van der Waals surface area (Å²) in [5.41, 5.74) is 20.0. The Morgan fingerprint density at radius 1 is 0.194 bits per heavy atom. The van der Waals surface area contributed by atoms with Crippen molar-refractivity contribution in [1.29, 1.82) is 5.26 Å². The van der Waals surface area contributed by atoms with Crippen LogP contribution in [0.25, 0.3) is 100 Å². The molecule has 0 amide bonds. The molecule has 10 aromatic rings. The molecule has 0 bridgehead atoms. The Kier molecular flexibility index (Phi) is 10.5. The van der Waals surface area contributed by atoms with Crippen molar-refractivity contribution >= 4 is 0 Å². The van der Waals surface area contributed by atoms with E-state index in [2.05, 4.69) is 249 Å². The lowest BCUT2D eigenvalue weighted by Gasteiger charge is -2.18. The van der Waals surface area contributed by atoms with E-state index >= 15 is 0 Å². The lowest BCUT2D eigenvalue weighted by Crippen LogP contribution is -1.95. The molecule has 0 radical (unpaired) electrons. The fourth-order valence-corrected chi connectivity index (χ4v) is 8.53. The maximum absolute atomic E-state index is 11.4. The molecule has 0 spiro atoms. The molecule has 0 atom stereocenters. The summed E-state index contributed by atoms with van der Waals surface area (Å²) in [6.45, 7) is 0. The minimum Gasteiger partial charge on any atom is -0.192 e. The highest BCUT2D eigenvalue weighted by Crippen LogP contribution is 2.43. The summed E-state index contributed by atoms with van der Waals surface area (Å²) in [6, 6.07) is 90.8. The second kappa shape index (κ2) is 17.1. The van der Waals surface area contributed by atoms with Gasteiger partial charge in [-0.05, 0) is 150 Å². The summed E-state index contributed by atoms with van der Waals surface area (Å²) in [5, 5.41) is 11.4. The monoisotopic (exact) mass is 787 g/mol. The van der Waals surface area contributed by atoms with Gasteiger partial charge < -0.3 is 0 Å². The lowest BCUT2D eigenvalue weighted by molar-refractivity contribution is 1.46. The molecule has 0 heterocycles. The predicted molar refractivity (Wildman–Crippen MR) is 260 cm³/mol. The van der Waals surface area contributed by atoms with E-state index < -0.39 is 0 Å². The molecule has 0 N–H and O–H groups in total. The largest absolute Gasteiger partial charge is 0.192 e.